The number of hydrogen-bond acceptors (Lipinski definition) is 5. The maximum atomic E-state index is 13.3. The molecule has 0 unspecified atom stereocenters. The Labute approximate surface area is 192 Å². The first kappa shape index (κ1) is 23.5. The first-order valence-electron chi connectivity index (χ1n) is 10.0. The van der Waals surface area contributed by atoms with Gasteiger partial charge in [0.1, 0.15) is 5.69 Å². The van der Waals surface area contributed by atoms with E-state index in [1.54, 1.807) is 10.8 Å². The number of alkyl halides is 3. The second kappa shape index (κ2) is 8.28. The van der Waals surface area contributed by atoms with Crippen molar-refractivity contribution in [3.8, 4) is 0 Å². The third-order valence-corrected chi connectivity index (χ3v) is 6.41. The van der Waals surface area contributed by atoms with E-state index in [-0.39, 0.29) is 40.2 Å². The summed E-state index contributed by atoms with van der Waals surface area (Å²) in [6, 6.07) is 8.12. The molecule has 1 aliphatic rings. The highest BCUT2D eigenvalue weighted by Crippen LogP contribution is 2.33. The van der Waals surface area contributed by atoms with E-state index in [9.17, 15) is 31.2 Å². The molecule has 178 valence electrons. The van der Waals surface area contributed by atoms with Crippen molar-refractivity contribution in [3.05, 3.63) is 71.7 Å². The zero-order valence-electron chi connectivity index (χ0n) is 18.0. The first-order chi connectivity index (χ1) is 15.9. The summed E-state index contributed by atoms with van der Waals surface area (Å²) in [6.45, 7) is 2.03. The van der Waals surface area contributed by atoms with Crippen LogP contribution in [0.2, 0.25) is 0 Å². The van der Waals surface area contributed by atoms with Crippen LogP contribution < -0.4 is 10.2 Å². The third kappa shape index (κ3) is 4.40. The van der Waals surface area contributed by atoms with Gasteiger partial charge in [-0.15, -0.1) is 0 Å². The zero-order valence-corrected chi connectivity index (χ0v) is 18.8. The standard InChI is InChI=1S/C22H19F3N4O4S/c1-13-12-29(16-6-3-14(4-7-16)22(23,24)25)21(31)19-17(9-10-28(13)19)20(30)27-15-5-8-18(26-11-15)34(2,32)33/h3-11,13H,12H2,1-2H3,(H,27,30)/t13-/m0/s1. The van der Waals surface area contributed by atoms with Crippen molar-refractivity contribution in [1.82, 2.24) is 9.55 Å². The molecule has 1 atom stereocenters. The van der Waals surface area contributed by atoms with Crippen molar-refractivity contribution >= 4 is 33.0 Å². The molecule has 8 nitrogen and oxygen atoms in total. The molecule has 1 aliphatic heterocycles. The zero-order chi connectivity index (χ0) is 24.8. The summed E-state index contributed by atoms with van der Waals surface area (Å²) in [6.07, 6.45) is -0.694. The van der Waals surface area contributed by atoms with Gasteiger partial charge >= 0.3 is 6.18 Å². The van der Waals surface area contributed by atoms with Crippen LogP contribution in [0.25, 0.3) is 0 Å². The predicted octanol–water partition coefficient (Wildman–Crippen LogP) is 3.78. The highest BCUT2D eigenvalue weighted by atomic mass is 32.2. The van der Waals surface area contributed by atoms with Crippen molar-refractivity contribution in [2.75, 3.05) is 23.0 Å². The second-order valence-electron chi connectivity index (χ2n) is 7.91. The number of halogens is 3. The number of hydrogen-bond donors (Lipinski definition) is 1. The summed E-state index contributed by atoms with van der Waals surface area (Å²) in [5.41, 5.74) is -0.150. The number of nitrogens with one attached hydrogen (secondary N) is 1. The van der Waals surface area contributed by atoms with Gasteiger partial charge in [0.15, 0.2) is 14.9 Å². The van der Waals surface area contributed by atoms with Crippen LogP contribution in [-0.4, -0.2) is 42.6 Å². The number of carbonyl (C=O) groups is 2. The molecule has 0 saturated heterocycles. The van der Waals surface area contributed by atoms with Gasteiger partial charge in [-0.05, 0) is 49.4 Å². The molecule has 4 rings (SSSR count). The van der Waals surface area contributed by atoms with Crippen LogP contribution in [-0.2, 0) is 16.0 Å². The lowest BCUT2D eigenvalue weighted by atomic mass is 10.1. The van der Waals surface area contributed by atoms with E-state index in [2.05, 4.69) is 10.3 Å². The molecule has 0 radical (unpaired) electrons. The van der Waals surface area contributed by atoms with Gasteiger partial charge in [0.25, 0.3) is 11.8 Å². The summed E-state index contributed by atoms with van der Waals surface area (Å²) in [4.78, 5) is 31.3. The van der Waals surface area contributed by atoms with E-state index in [1.165, 1.54) is 41.4 Å². The fourth-order valence-electron chi connectivity index (χ4n) is 3.71. The molecule has 0 spiro atoms. The summed E-state index contributed by atoms with van der Waals surface area (Å²) < 4.78 is 63.4. The van der Waals surface area contributed by atoms with Gasteiger partial charge in [0.05, 0.1) is 23.0 Å². The van der Waals surface area contributed by atoms with E-state index in [0.717, 1.165) is 18.4 Å². The van der Waals surface area contributed by atoms with Crippen LogP contribution in [0.1, 0.15) is 39.4 Å². The van der Waals surface area contributed by atoms with Gasteiger partial charge in [0.2, 0.25) is 0 Å². The Morgan fingerprint density at radius 1 is 1.12 bits per heavy atom. The predicted molar refractivity (Wildman–Crippen MR) is 118 cm³/mol. The molecule has 12 heteroatoms. The molecule has 0 saturated carbocycles. The maximum Gasteiger partial charge on any atom is 0.416 e. The van der Waals surface area contributed by atoms with Gasteiger partial charge in [-0.3, -0.25) is 9.59 Å². The Kier molecular flexibility index (Phi) is 5.72. The monoisotopic (exact) mass is 492 g/mol. The van der Waals surface area contributed by atoms with E-state index >= 15 is 0 Å². The van der Waals surface area contributed by atoms with Crippen LogP contribution in [0, 0.1) is 0 Å². The summed E-state index contributed by atoms with van der Waals surface area (Å²) in [5, 5.41) is 2.43. The van der Waals surface area contributed by atoms with Crippen molar-refractivity contribution in [3.63, 3.8) is 0 Å². The van der Waals surface area contributed by atoms with Gasteiger partial charge in [-0.2, -0.15) is 13.2 Å². The Morgan fingerprint density at radius 2 is 1.79 bits per heavy atom. The van der Waals surface area contributed by atoms with E-state index in [0.29, 0.717) is 0 Å². The maximum absolute atomic E-state index is 13.3. The SMILES string of the molecule is C[C@H]1CN(c2ccc(C(F)(F)F)cc2)C(=O)c2c(C(=O)Nc3ccc(S(C)(=O)=O)nc3)ccn21. The smallest absolute Gasteiger partial charge is 0.338 e. The van der Waals surface area contributed by atoms with Crippen molar-refractivity contribution in [2.45, 2.75) is 24.2 Å². The minimum atomic E-state index is -4.49. The van der Waals surface area contributed by atoms with E-state index < -0.39 is 33.4 Å². The number of carbonyl (C=O) groups excluding carboxylic acids is 2. The van der Waals surface area contributed by atoms with Crippen LogP contribution in [0.3, 0.4) is 0 Å². The number of rotatable bonds is 4. The van der Waals surface area contributed by atoms with Crippen LogP contribution in [0.15, 0.2) is 59.9 Å². The normalized spacial score (nSPS) is 16.3. The lowest BCUT2D eigenvalue weighted by Crippen LogP contribution is -2.43. The Morgan fingerprint density at radius 3 is 2.35 bits per heavy atom. The van der Waals surface area contributed by atoms with Gasteiger partial charge in [-0.1, -0.05) is 0 Å². The number of anilines is 2. The number of nitrogens with zero attached hydrogens (tertiary/aromatic N) is 3. The fourth-order valence-corrected chi connectivity index (χ4v) is 4.27. The number of fused-ring (bicyclic) bond motifs is 1. The van der Waals surface area contributed by atoms with E-state index in [4.69, 9.17) is 0 Å². The molecule has 3 aromatic rings. The Bertz CT molecular complexity index is 1360. The molecule has 0 bridgehead atoms. The molecule has 0 fully saturated rings. The highest BCUT2D eigenvalue weighted by Gasteiger charge is 2.35. The number of benzene rings is 1. The first-order valence-corrected chi connectivity index (χ1v) is 11.9. The van der Waals surface area contributed by atoms with Gasteiger partial charge in [0, 0.05) is 30.7 Å². The molecule has 0 aliphatic carbocycles. The summed E-state index contributed by atoms with van der Waals surface area (Å²) in [5.74, 6) is -1.14. The average Bonchev–Trinajstić information content (AvgIpc) is 3.22. The molecule has 1 aromatic carbocycles. The van der Waals surface area contributed by atoms with Gasteiger partial charge in [-0.25, -0.2) is 13.4 Å². The largest absolute Gasteiger partial charge is 0.416 e. The molecular formula is C22H19F3N4O4S. The van der Waals surface area contributed by atoms with E-state index in [1.807, 2.05) is 6.92 Å². The second-order valence-corrected chi connectivity index (χ2v) is 9.87. The Hall–Kier alpha value is -3.67. The number of amides is 2. The molecular weight excluding hydrogens is 473 g/mol. The molecule has 1 N–H and O–H groups in total. The number of sulfone groups is 1. The summed E-state index contributed by atoms with van der Waals surface area (Å²) >= 11 is 0. The van der Waals surface area contributed by atoms with Crippen LogP contribution >= 0.6 is 0 Å². The number of pyridine rings is 1. The minimum absolute atomic E-state index is 0.0700. The van der Waals surface area contributed by atoms with Gasteiger partial charge < -0.3 is 14.8 Å². The molecule has 2 amide bonds. The Balaban J connectivity index is 1.61. The minimum Gasteiger partial charge on any atom is -0.338 e. The third-order valence-electron chi connectivity index (χ3n) is 5.41. The lowest BCUT2D eigenvalue weighted by molar-refractivity contribution is -0.137. The fraction of sp³-hybridized carbons (Fsp3) is 0.227. The van der Waals surface area contributed by atoms with Crippen LogP contribution in [0.5, 0.6) is 0 Å². The topological polar surface area (TPSA) is 101 Å². The van der Waals surface area contributed by atoms with Crippen molar-refractivity contribution in [2.24, 2.45) is 0 Å². The molecule has 3 heterocycles. The molecule has 34 heavy (non-hydrogen) atoms. The summed E-state index contributed by atoms with van der Waals surface area (Å²) in [7, 11) is -3.50. The van der Waals surface area contributed by atoms with Crippen molar-refractivity contribution in [1.29, 1.82) is 0 Å². The quantitative estimate of drug-likeness (QED) is 0.598. The van der Waals surface area contributed by atoms with Crippen molar-refractivity contribution < 1.29 is 31.2 Å². The van der Waals surface area contributed by atoms with Crippen LogP contribution in [0.4, 0.5) is 24.5 Å². The highest BCUT2D eigenvalue weighted by molar-refractivity contribution is 7.90. The average molecular weight is 492 g/mol. The molecule has 2 aromatic heterocycles. The number of aromatic nitrogens is 2. The lowest BCUT2D eigenvalue weighted by Gasteiger charge is -2.33.